The Kier molecular flexibility index (Phi) is 6.68. The van der Waals surface area contributed by atoms with Gasteiger partial charge in [0.15, 0.2) is 0 Å². The molecule has 120 valence electrons. The molecule has 3 heteroatoms. The average Bonchev–Trinajstić information content (AvgIpc) is 2.56. The first kappa shape index (κ1) is 17.1. The van der Waals surface area contributed by atoms with Crippen LogP contribution in [0.5, 0.6) is 5.75 Å². The number of rotatable bonds is 6. The summed E-state index contributed by atoms with van der Waals surface area (Å²) in [5.41, 5.74) is 2.08. The van der Waals surface area contributed by atoms with Gasteiger partial charge in [-0.3, -0.25) is 4.90 Å². The van der Waals surface area contributed by atoms with Gasteiger partial charge in [0.05, 0.1) is 19.8 Å². The second-order valence-corrected chi connectivity index (χ2v) is 5.57. The molecule has 1 unspecified atom stereocenters. The van der Waals surface area contributed by atoms with Crippen LogP contribution < -0.4 is 4.74 Å². The normalized spacial score (nSPS) is 11.7. The molecule has 0 spiro atoms. The molecule has 0 aliphatic heterocycles. The fourth-order valence-corrected chi connectivity index (χ4v) is 2.35. The van der Waals surface area contributed by atoms with Crippen LogP contribution in [0, 0.1) is 11.8 Å². The maximum Gasteiger partial charge on any atom is 0.120 e. The highest BCUT2D eigenvalue weighted by Crippen LogP contribution is 2.11. The van der Waals surface area contributed by atoms with Crippen LogP contribution in [0.15, 0.2) is 54.6 Å². The van der Waals surface area contributed by atoms with Crippen molar-refractivity contribution < 1.29 is 9.84 Å². The highest BCUT2D eigenvalue weighted by atomic mass is 16.5. The smallest absolute Gasteiger partial charge is 0.120 e. The molecule has 0 bridgehead atoms. The molecule has 0 fully saturated rings. The number of ether oxygens (including phenoxy) is 1. The van der Waals surface area contributed by atoms with Crippen LogP contribution in [0.1, 0.15) is 11.1 Å². The van der Waals surface area contributed by atoms with E-state index in [1.165, 1.54) is 0 Å². The van der Waals surface area contributed by atoms with Crippen LogP contribution in [0.2, 0.25) is 0 Å². The summed E-state index contributed by atoms with van der Waals surface area (Å²) < 4.78 is 5.18. The van der Waals surface area contributed by atoms with Crippen molar-refractivity contribution in [2.45, 2.75) is 12.5 Å². The van der Waals surface area contributed by atoms with Gasteiger partial charge in [0.1, 0.15) is 5.75 Å². The first-order valence-corrected chi connectivity index (χ1v) is 7.71. The van der Waals surface area contributed by atoms with Gasteiger partial charge >= 0.3 is 0 Å². The first-order valence-electron chi connectivity index (χ1n) is 7.71. The third-order valence-corrected chi connectivity index (χ3v) is 3.49. The van der Waals surface area contributed by atoms with Crippen LogP contribution in [-0.4, -0.2) is 43.4 Å². The fraction of sp³-hybridized carbons (Fsp3) is 0.300. The predicted molar refractivity (Wildman–Crippen MR) is 93.5 cm³/mol. The van der Waals surface area contributed by atoms with E-state index in [9.17, 15) is 5.11 Å². The highest BCUT2D eigenvalue weighted by Gasteiger charge is 2.08. The Morgan fingerprint density at radius 1 is 1.13 bits per heavy atom. The van der Waals surface area contributed by atoms with Gasteiger partial charge in [0.25, 0.3) is 0 Å². The van der Waals surface area contributed by atoms with Crippen molar-refractivity contribution in [3.63, 3.8) is 0 Å². The molecular weight excluding hydrogens is 286 g/mol. The van der Waals surface area contributed by atoms with Gasteiger partial charge in [0, 0.05) is 12.1 Å². The minimum atomic E-state index is -0.388. The second-order valence-electron chi connectivity index (χ2n) is 5.57. The van der Waals surface area contributed by atoms with E-state index in [0.717, 1.165) is 16.9 Å². The van der Waals surface area contributed by atoms with E-state index in [-0.39, 0.29) is 6.10 Å². The second kappa shape index (κ2) is 8.99. The van der Waals surface area contributed by atoms with Crippen molar-refractivity contribution >= 4 is 0 Å². The van der Waals surface area contributed by atoms with Crippen LogP contribution in [-0.2, 0) is 6.42 Å². The molecule has 3 nitrogen and oxygen atoms in total. The predicted octanol–water partition coefficient (Wildman–Crippen LogP) is 2.58. The Labute approximate surface area is 138 Å². The number of aliphatic hydroxyl groups excluding tert-OH is 1. The minimum Gasteiger partial charge on any atom is -0.497 e. The van der Waals surface area contributed by atoms with Crippen molar-refractivity contribution in [1.82, 2.24) is 4.90 Å². The van der Waals surface area contributed by atoms with Crippen molar-refractivity contribution in [2.24, 2.45) is 0 Å². The number of benzene rings is 2. The first-order chi connectivity index (χ1) is 11.2. The number of likely N-dealkylation sites (N-methyl/N-ethyl adjacent to an activating group) is 1. The number of hydrogen-bond donors (Lipinski definition) is 1. The molecule has 0 radical (unpaired) electrons. The van der Waals surface area contributed by atoms with Gasteiger partial charge < -0.3 is 9.84 Å². The van der Waals surface area contributed by atoms with E-state index < -0.39 is 0 Å². The molecule has 2 rings (SSSR count). The molecule has 0 saturated heterocycles. The van der Waals surface area contributed by atoms with Gasteiger partial charge in [-0.25, -0.2) is 0 Å². The zero-order valence-electron chi connectivity index (χ0n) is 13.7. The van der Waals surface area contributed by atoms with E-state index in [1.54, 1.807) is 7.11 Å². The Morgan fingerprint density at radius 2 is 1.91 bits per heavy atom. The summed E-state index contributed by atoms with van der Waals surface area (Å²) in [5.74, 6) is 7.06. The SMILES string of the molecule is COc1cccc(C#CCN(C)CC(O)Cc2ccccc2)c1. The lowest BCUT2D eigenvalue weighted by atomic mass is 10.1. The zero-order valence-corrected chi connectivity index (χ0v) is 13.7. The molecule has 0 aliphatic rings. The number of methoxy groups -OCH3 is 1. The average molecular weight is 309 g/mol. The number of aliphatic hydroxyl groups is 1. The molecule has 0 heterocycles. The van der Waals surface area contributed by atoms with E-state index in [0.29, 0.717) is 19.5 Å². The van der Waals surface area contributed by atoms with Crippen LogP contribution in [0.4, 0.5) is 0 Å². The third kappa shape index (κ3) is 6.15. The Balaban J connectivity index is 1.80. The van der Waals surface area contributed by atoms with Crippen LogP contribution >= 0.6 is 0 Å². The Hall–Kier alpha value is -2.28. The lowest BCUT2D eigenvalue weighted by Crippen LogP contribution is -2.30. The zero-order chi connectivity index (χ0) is 16.5. The summed E-state index contributed by atoms with van der Waals surface area (Å²) in [6.07, 6.45) is 0.273. The lowest BCUT2D eigenvalue weighted by molar-refractivity contribution is 0.132. The van der Waals surface area contributed by atoms with Gasteiger partial charge in [-0.15, -0.1) is 0 Å². The Morgan fingerprint density at radius 3 is 2.65 bits per heavy atom. The molecular formula is C20H23NO2. The molecule has 1 atom stereocenters. The summed E-state index contributed by atoms with van der Waals surface area (Å²) in [4.78, 5) is 2.03. The van der Waals surface area contributed by atoms with Gasteiger partial charge in [-0.2, -0.15) is 0 Å². The van der Waals surface area contributed by atoms with E-state index >= 15 is 0 Å². The molecule has 0 aliphatic carbocycles. The summed E-state index contributed by atoms with van der Waals surface area (Å²) >= 11 is 0. The standard InChI is InChI=1S/C20H23NO2/c1-21(16-19(22)14-17-8-4-3-5-9-17)13-7-11-18-10-6-12-20(15-18)23-2/h3-6,8-10,12,15,19,22H,13-14,16H2,1-2H3. The lowest BCUT2D eigenvalue weighted by Gasteiger charge is -2.18. The van der Waals surface area contributed by atoms with Gasteiger partial charge in [-0.1, -0.05) is 48.2 Å². The van der Waals surface area contributed by atoms with Gasteiger partial charge in [-0.05, 0) is 37.2 Å². The van der Waals surface area contributed by atoms with Crippen molar-refractivity contribution in [3.8, 4) is 17.6 Å². The fourth-order valence-electron chi connectivity index (χ4n) is 2.35. The van der Waals surface area contributed by atoms with E-state index in [4.69, 9.17) is 4.74 Å². The number of nitrogens with zero attached hydrogens (tertiary/aromatic N) is 1. The molecule has 23 heavy (non-hydrogen) atoms. The summed E-state index contributed by atoms with van der Waals surface area (Å²) in [6, 6.07) is 17.7. The topological polar surface area (TPSA) is 32.7 Å². The maximum absolute atomic E-state index is 10.2. The summed E-state index contributed by atoms with van der Waals surface area (Å²) in [7, 11) is 3.61. The third-order valence-electron chi connectivity index (χ3n) is 3.49. The molecule has 1 N–H and O–H groups in total. The highest BCUT2D eigenvalue weighted by molar-refractivity contribution is 5.39. The maximum atomic E-state index is 10.2. The molecule has 0 amide bonds. The van der Waals surface area contributed by atoms with Crippen molar-refractivity contribution in [3.05, 3.63) is 65.7 Å². The monoisotopic (exact) mass is 309 g/mol. The molecule has 0 saturated carbocycles. The van der Waals surface area contributed by atoms with Crippen molar-refractivity contribution in [2.75, 3.05) is 27.2 Å². The van der Waals surface area contributed by atoms with Gasteiger partial charge in [0.2, 0.25) is 0 Å². The molecule has 2 aromatic carbocycles. The van der Waals surface area contributed by atoms with E-state index in [1.807, 2.05) is 66.5 Å². The minimum absolute atomic E-state index is 0.388. The molecule has 2 aromatic rings. The van der Waals surface area contributed by atoms with Crippen LogP contribution in [0.3, 0.4) is 0 Å². The van der Waals surface area contributed by atoms with Crippen LogP contribution in [0.25, 0.3) is 0 Å². The van der Waals surface area contributed by atoms with Crippen molar-refractivity contribution in [1.29, 1.82) is 0 Å². The summed E-state index contributed by atoms with van der Waals surface area (Å²) in [6.45, 7) is 1.21. The summed E-state index contributed by atoms with van der Waals surface area (Å²) in [5, 5.41) is 10.2. The Bertz CT molecular complexity index is 658. The largest absolute Gasteiger partial charge is 0.497 e. The number of hydrogen-bond acceptors (Lipinski definition) is 3. The quantitative estimate of drug-likeness (QED) is 0.833. The van der Waals surface area contributed by atoms with E-state index in [2.05, 4.69) is 11.8 Å². The molecule has 0 aromatic heterocycles.